The average Bonchev–Trinajstić information content (AvgIpc) is 3.07. The molecule has 0 aliphatic heterocycles. The second-order valence-electron chi connectivity index (χ2n) is 8.60. The maximum Gasteiger partial charge on any atom is 0.161 e. The summed E-state index contributed by atoms with van der Waals surface area (Å²) in [5, 5.41) is 10.6. The fourth-order valence-corrected chi connectivity index (χ4v) is 5.01. The number of fused-ring (bicyclic) bond motifs is 1. The Labute approximate surface area is 183 Å². The Hall–Kier alpha value is -2.58. The lowest BCUT2D eigenvalue weighted by Gasteiger charge is -2.33. The van der Waals surface area contributed by atoms with Crippen molar-refractivity contribution in [1.82, 2.24) is 0 Å². The summed E-state index contributed by atoms with van der Waals surface area (Å²) in [5.41, 5.74) is 3.14. The van der Waals surface area contributed by atoms with E-state index in [1.807, 2.05) is 25.1 Å². The van der Waals surface area contributed by atoms with Crippen LogP contribution in [0.4, 0.5) is 5.00 Å². The van der Waals surface area contributed by atoms with Crippen LogP contribution >= 0.6 is 11.3 Å². The molecule has 0 saturated heterocycles. The number of nitriles is 1. The third-order valence-corrected chi connectivity index (χ3v) is 6.70. The Morgan fingerprint density at radius 1 is 1.30 bits per heavy atom. The van der Waals surface area contributed by atoms with Crippen LogP contribution in [0.5, 0.6) is 11.5 Å². The Kier molecular flexibility index (Phi) is 6.99. The van der Waals surface area contributed by atoms with E-state index in [1.165, 1.54) is 10.4 Å². The van der Waals surface area contributed by atoms with Gasteiger partial charge in [0.25, 0.3) is 0 Å². The van der Waals surface area contributed by atoms with Gasteiger partial charge >= 0.3 is 0 Å². The third kappa shape index (κ3) is 4.94. The zero-order chi connectivity index (χ0) is 21.7. The van der Waals surface area contributed by atoms with Gasteiger partial charge in [0.15, 0.2) is 11.5 Å². The summed E-state index contributed by atoms with van der Waals surface area (Å²) in [6.45, 7) is 13.5. The number of thiophene rings is 1. The van der Waals surface area contributed by atoms with Gasteiger partial charge in [0.2, 0.25) is 0 Å². The monoisotopic (exact) mass is 422 g/mol. The van der Waals surface area contributed by atoms with Crippen molar-refractivity contribution in [1.29, 1.82) is 5.26 Å². The van der Waals surface area contributed by atoms with Crippen LogP contribution in [-0.4, -0.2) is 19.4 Å². The summed E-state index contributed by atoms with van der Waals surface area (Å²) < 4.78 is 11.4. The van der Waals surface area contributed by atoms with E-state index in [2.05, 4.69) is 33.4 Å². The maximum absolute atomic E-state index is 9.76. The van der Waals surface area contributed by atoms with Gasteiger partial charge < -0.3 is 9.47 Å². The van der Waals surface area contributed by atoms with Crippen molar-refractivity contribution < 1.29 is 9.47 Å². The molecule has 1 aliphatic carbocycles. The molecule has 4 nitrogen and oxygen atoms in total. The standard InChI is InChI=1S/C25H30N2O2S/c1-6-12-29-21-11-8-17(13-22(21)28-7-2)16-27-24-20(15-26)19-10-9-18(25(3,4)5)14-23(19)30-24/h6,8,11,13,16,18H,1,7,9-10,12,14H2,2-5H3/t18-/m0/s1. The van der Waals surface area contributed by atoms with E-state index >= 15 is 0 Å². The first-order valence-electron chi connectivity index (χ1n) is 10.5. The van der Waals surface area contributed by atoms with Gasteiger partial charge in [-0.25, -0.2) is 4.99 Å². The number of ether oxygens (including phenoxy) is 2. The molecule has 1 heterocycles. The average molecular weight is 423 g/mol. The molecule has 0 saturated carbocycles. The van der Waals surface area contributed by atoms with Crippen LogP contribution in [0, 0.1) is 22.7 Å². The lowest BCUT2D eigenvalue weighted by Crippen LogP contribution is -2.26. The van der Waals surface area contributed by atoms with E-state index in [-0.39, 0.29) is 5.41 Å². The van der Waals surface area contributed by atoms with E-state index in [9.17, 15) is 5.26 Å². The number of hydrogen-bond acceptors (Lipinski definition) is 5. The van der Waals surface area contributed by atoms with Gasteiger partial charge in [-0.1, -0.05) is 33.4 Å². The second-order valence-corrected chi connectivity index (χ2v) is 9.68. The highest BCUT2D eigenvalue weighted by atomic mass is 32.1. The number of nitrogens with zero attached hydrogens (tertiary/aromatic N) is 2. The summed E-state index contributed by atoms with van der Waals surface area (Å²) in [7, 11) is 0. The molecule has 0 spiro atoms. The highest BCUT2D eigenvalue weighted by Crippen LogP contribution is 2.44. The summed E-state index contributed by atoms with van der Waals surface area (Å²) in [6.07, 6.45) is 6.65. The predicted octanol–water partition coefficient (Wildman–Crippen LogP) is 6.48. The summed E-state index contributed by atoms with van der Waals surface area (Å²) in [5.74, 6) is 2.01. The van der Waals surface area contributed by atoms with Crippen molar-refractivity contribution in [2.45, 2.75) is 47.0 Å². The van der Waals surface area contributed by atoms with Crippen molar-refractivity contribution in [3.8, 4) is 17.6 Å². The zero-order valence-electron chi connectivity index (χ0n) is 18.3. The molecule has 1 aromatic carbocycles. The van der Waals surface area contributed by atoms with Crippen molar-refractivity contribution in [3.05, 3.63) is 52.4 Å². The maximum atomic E-state index is 9.76. The van der Waals surface area contributed by atoms with Gasteiger partial charge in [-0.05, 0) is 66.8 Å². The molecular formula is C25H30N2O2S. The Balaban J connectivity index is 1.86. The van der Waals surface area contributed by atoms with Crippen LogP contribution in [0.15, 0.2) is 35.8 Å². The molecule has 5 heteroatoms. The van der Waals surface area contributed by atoms with Crippen LogP contribution in [0.2, 0.25) is 0 Å². The molecular weight excluding hydrogens is 392 g/mol. The van der Waals surface area contributed by atoms with Crippen LogP contribution in [-0.2, 0) is 12.8 Å². The first-order valence-corrected chi connectivity index (χ1v) is 11.3. The molecule has 158 valence electrons. The highest BCUT2D eigenvalue weighted by molar-refractivity contribution is 7.16. The third-order valence-electron chi connectivity index (χ3n) is 5.54. The molecule has 0 N–H and O–H groups in total. The molecule has 3 rings (SSSR count). The van der Waals surface area contributed by atoms with Crippen LogP contribution in [0.25, 0.3) is 0 Å². The number of benzene rings is 1. The highest BCUT2D eigenvalue weighted by Gasteiger charge is 2.32. The molecule has 1 aliphatic rings. The fourth-order valence-electron chi connectivity index (χ4n) is 3.79. The molecule has 0 bridgehead atoms. The molecule has 0 radical (unpaired) electrons. The number of hydrogen-bond donors (Lipinski definition) is 0. The summed E-state index contributed by atoms with van der Waals surface area (Å²) in [4.78, 5) is 6.02. The van der Waals surface area contributed by atoms with Gasteiger partial charge in [-0.3, -0.25) is 0 Å². The van der Waals surface area contributed by atoms with Crippen molar-refractivity contribution >= 4 is 22.6 Å². The van der Waals surface area contributed by atoms with Gasteiger partial charge in [-0.15, -0.1) is 11.3 Å². The largest absolute Gasteiger partial charge is 0.490 e. The predicted molar refractivity (Wildman–Crippen MR) is 125 cm³/mol. The van der Waals surface area contributed by atoms with E-state index in [0.717, 1.165) is 35.4 Å². The normalized spacial score (nSPS) is 16.2. The topological polar surface area (TPSA) is 54.6 Å². The zero-order valence-corrected chi connectivity index (χ0v) is 19.1. The van der Waals surface area contributed by atoms with Crippen molar-refractivity contribution in [3.63, 3.8) is 0 Å². The van der Waals surface area contributed by atoms with Gasteiger partial charge in [-0.2, -0.15) is 5.26 Å². The van der Waals surface area contributed by atoms with Crippen LogP contribution in [0.3, 0.4) is 0 Å². The molecule has 0 unspecified atom stereocenters. The Bertz CT molecular complexity index is 976. The van der Waals surface area contributed by atoms with E-state index < -0.39 is 0 Å². The summed E-state index contributed by atoms with van der Waals surface area (Å²) >= 11 is 1.67. The van der Waals surface area contributed by atoms with Crippen LogP contribution < -0.4 is 9.47 Å². The quantitative estimate of drug-likeness (QED) is 0.379. The minimum Gasteiger partial charge on any atom is -0.490 e. The smallest absolute Gasteiger partial charge is 0.161 e. The Morgan fingerprint density at radius 3 is 2.77 bits per heavy atom. The molecule has 0 amide bonds. The Morgan fingerprint density at radius 2 is 2.10 bits per heavy atom. The van der Waals surface area contributed by atoms with E-state index in [1.54, 1.807) is 23.6 Å². The lowest BCUT2D eigenvalue weighted by molar-refractivity contribution is 0.218. The van der Waals surface area contributed by atoms with Gasteiger partial charge in [0, 0.05) is 11.1 Å². The second kappa shape index (κ2) is 9.49. The van der Waals surface area contributed by atoms with E-state index in [4.69, 9.17) is 14.5 Å². The number of rotatable bonds is 7. The van der Waals surface area contributed by atoms with Crippen LogP contribution in [0.1, 0.15) is 55.7 Å². The minimum absolute atomic E-state index is 0.281. The molecule has 0 fully saturated rings. The molecule has 2 aromatic rings. The molecule has 30 heavy (non-hydrogen) atoms. The van der Waals surface area contributed by atoms with Crippen molar-refractivity contribution in [2.75, 3.05) is 13.2 Å². The first kappa shape index (κ1) is 22.1. The SMILES string of the molecule is C=CCOc1ccc(C=Nc2sc3c(c2C#N)CC[C@H](C(C)(C)C)C3)cc1OCC. The fraction of sp³-hybridized carbons (Fsp3) is 0.440. The first-order chi connectivity index (χ1) is 14.4. The lowest BCUT2D eigenvalue weighted by atomic mass is 9.72. The van der Waals surface area contributed by atoms with Gasteiger partial charge in [0.1, 0.15) is 17.7 Å². The van der Waals surface area contributed by atoms with Gasteiger partial charge in [0.05, 0.1) is 12.2 Å². The molecule has 1 atom stereocenters. The minimum atomic E-state index is 0.281. The molecule has 1 aromatic heterocycles. The van der Waals surface area contributed by atoms with Crippen molar-refractivity contribution in [2.24, 2.45) is 16.3 Å². The van der Waals surface area contributed by atoms with E-state index in [0.29, 0.717) is 30.6 Å². The summed E-state index contributed by atoms with van der Waals surface area (Å²) in [6, 6.07) is 8.14. The number of aliphatic imine (C=N–C) groups is 1.